The summed E-state index contributed by atoms with van der Waals surface area (Å²) in [6.45, 7) is 4.66. The summed E-state index contributed by atoms with van der Waals surface area (Å²) in [5.41, 5.74) is 1.91. The molecule has 3 fully saturated rings. The Morgan fingerprint density at radius 1 is 1.04 bits per heavy atom. The molecule has 0 aliphatic carbocycles. The Labute approximate surface area is 166 Å². The van der Waals surface area contributed by atoms with Gasteiger partial charge >= 0.3 is 0 Å². The molecule has 0 atom stereocenters. The van der Waals surface area contributed by atoms with Gasteiger partial charge in [0.1, 0.15) is 18.1 Å². The van der Waals surface area contributed by atoms with Gasteiger partial charge in [-0.3, -0.25) is 4.79 Å². The van der Waals surface area contributed by atoms with Crippen LogP contribution >= 0.6 is 0 Å². The first-order valence-corrected chi connectivity index (χ1v) is 10.0. The Bertz CT molecular complexity index is 797. The number of nitrogens with one attached hydrogen (secondary N) is 1. The van der Waals surface area contributed by atoms with Crippen LogP contribution < -0.4 is 14.8 Å². The van der Waals surface area contributed by atoms with Gasteiger partial charge in [-0.1, -0.05) is 24.3 Å². The summed E-state index contributed by atoms with van der Waals surface area (Å²) in [7, 11) is 1.65. The third-order valence-electron chi connectivity index (χ3n) is 6.18. The highest BCUT2D eigenvalue weighted by atomic mass is 16.5. The number of carbonyl (C=O) groups is 1. The molecule has 3 aliphatic rings. The van der Waals surface area contributed by atoms with Crippen LogP contribution in [0.1, 0.15) is 35.2 Å². The monoisotopic (exact) mass is 380 g/mol. The average Bonchev–Trinajstić information content (AvgIpc) is 2.78. The molecule has 3 heterocycles. The van der Waals surface area contributed by atoms with E-state index in [4.69, 9.17) is 9.47 Å². The van der Waals surface area contributed by atoms with Crippen molar-refractivity contribution in [2.45, 2.75) is 25.9 Å². The van der Waals surface area contributed by atoms with Gasteiger partial charge in [0.2, 0.25) is 0 Å². The number of amides is 1. The number of rotatable bonds is 7. The van der Waals surface area contributed by atoms with Crippen molar-refractivity contribution in [2.24, 2.45) is 5.41 Å². The molecule has 0 saturated carbocycles. The van der Waals surface area contributed by atoms with Crippen LogP contribution in [0.15, 0.2) is 48.5 Å². The fourth-order valence-corrected chi connectivity index (χ4v) is 4.19. The van der Waals surface area contributed by atoms with Crippen LogP contribution in [0.2, 0.25) is 0 Å². The number of benzene rings is 2. The van der Waals surface area contributed by atoms with Crippen molar-refractivity contribution in [3.05, 3.63) is 59.7 Å². The number of fused-ring (bicyclic) bond motifs is 3. The lowest BCUT2D eigenvalue weighted by atomic mass is 9.72. The molecule has 5 nitrogen and oxygen atoms in total. The maximum atomic E-state index is 12.9. The Hall–Kier alpha value is -2.53. The minimum atomic E-state index is -0.0484. The second-order valence-corrected chi connectivity index (χ2v) is 7.91. The van der Waals surface area contributed by atoms with Crippen molar-refractivity contribution in [2.75, 3.05) is 33.3 Å². The number of methoxy groups -OCH3 is 1. The molecular formula is C23H28N2O3. The first-order valence-electron chi connectivity index (χ1n) is 10.0. The average molecular weight is 380 g/mol. The van der Waals surface area contributed by atoms with E-state index in [-0.39, 0.29) is 11.3 Å². The highest BCUT2D eigenvalue weighted by Crippen LogP contribution is 2.39. The summed E-state index contributed by atoms with van der Waals surface area (Å²) in [6.07, 6.45) is 3.55. The van der Waals surface area contributed by atoms with Gasteiger partial charge in [-0.05, 0) is 74.1 Å². The molecule has 1 amide bonds. The van der Waals surface area contributed by atoms with E-state index in [9.17, 15) is 4.79 Å². The van der Waals surface area contributed by atoms with Gasteiger partial charge in [0.25, 0.3) is 5.91 Å². The molecule has 2 bridgehead atoms. The van der Waals surface area contributed by atoms with E-state index in [1.165, 1.54) is 19.3 Å². The van der Waals surface area contributed by atoms with Gasteiger partial charge in [0.15, 0.2) is 0 Å². The largest absolute Gasteiger partial charge is 0.497 e. The molecule has 2 aromatic carbocycles. The molecule has 1 N–H and O–H groups in total. The molecule has 5 heteroatoms. The lowest BCUT2D eigenvalue weighted by Crippen LogP contribution is -2.52. The van der Waals surface area contributed by atoms with Crippen molar-refractivity contribution >= 4 is 5.91 Å². The molecule has 0 unspecified atom stereocenters. The smallest absolute Gasteiger partial charge is 0.255 e. The van der Waals surface area contributed by atoms with E-state index >= 15 is 0 Å². The number of piperidine rings is 3. The maximum absolute atomic E-state index is 12.9. The summed E-state index contributed by atoms with van der Waals surface area (Å²) in [4.78, 5) is 15.4. The topological polar surface area (TPSA) is 50.8 Å². The number of nitrogens with zero attached hydrogens (tertiary/aromatic N) is 1. The Kier molecular flexibility index (Phi) is 5.53. The van der Waals surface area contributed by atoms with Gasteiger partial charge in [0, 0.05) is 6.54 Å². The fraction of sp³-hybridized carbons (Fsp3) is 0.435. The normalized spacial score (nSPS) is 23.2. The zero-order valence-electron chi connectivity index (χ0n) is 16.4. The zero-order valence-corrected chi connectivity index (χ0v) is 16.4. The van der Waals surface area contributed by atoms with Crippen LogP contribution in [0.4, 0.5) is 0 Å². The minimum absolute atomic E-state index is 0.0484. The third kappa shape index (κ3) is 4.14. The molecule has 148 valence electrons. The number of para-hydroxylation sites is 1. The Balaban J connectivity index is 1.38. The predicted molar refractivity (Wildman–Crippen MR) is 109 cm³/mol. The molecule has 28 heavy (non-hydrogen) atoms. The summed E-state index contributed by atoms with van der Waals surface area (Å²) in [6, 6.07) is 15.2. The third-order valence-corrected chi connectivity index (χ3v) is 6.18. The second kappa shape index (κ2) is 8.23. The minimum Gasteiger partial charge on any atom is -0.497 e. The van der Waals surface area contributed by atoms with Crippen molar-refractivity contribution < 1.29 is 14.3 Å². The second-order valence-electron chi connectivity index (χ2n) is 7.91. The van der Waals surface area contributed by atoms with E-state index in [2.05, 4.69) is 10.2 Å². The van der Waals surface area contributed by atoms with Gasteiger partial charge in [-0.15, -0.1) is 0 Å². The molecule has 0 spiro atoms. The highest BCUT2D eigenvalue weighted by Gasteiger charge is 2.39. The van der Waals surface area contributed by atoms with Gasteiger partial charge in [-0.2, -0.15) is 0 Å². The molecule has 3 aliphatic heterocycles. The first kappa shape index (κ1) is 18.8. The van der Waals surface area contributed by atoms with Crippen LogP contribution in [-0.4, -0.2) is 44.1 Å². The lowest BCUT2D eigenvalue weighted by molar-refractivity contribution is 0.0262. The van der Waals surface area contributed by atoms with E-state index in [0.717, 1.165) is 37.5 Å². The highest BCUT2D eigenvalue weighted by molar-refractivity contribution is 5.96. The molecule has 0 aromatic heterocycles. The van der Waals surface area contributed by atoms with Crippen LogP contribution in [0, 0.1) is 5.41 Å². The van der Waals surface area contributed by atoms with Gasteiger partial charge < -0.3 is 19.7 Å². The van der Waals surface area contributed by atoms with Gasteiger partial charge in [-0.25, -0.2) is 0 Å². The van der Waals surface area contributed by atoms with Crippen LogP contribution in [0.25, 0.3) is 0 Å². The number of hydrogen-bond acceptors (Lipinski definition) is 4. The summed E-state index contributed by atoms with van der Waals surface area (Å²) in [5, 5.41) is 3.18. The summed E-state index contributed by atoms with van der Waals surface area (Å²) in [5.74, 6) is 1.39. The number of hydrogen-bond donors (Lipinski definition) is 1. The quantitative estimate of drug-likeness (QED) is 0.799. The van der Waals surface area contributed by atoms with E-state index < -0.39 is 0 Å². The van der Waals surface area contributed by atoms with Gasteiger partial charge in [0.05, 0.1) is 12.7 Å². The Morgan fingerprint density at radius 2 is 1.71 bits per heavy atom. The number of carbonyl (C=O) groups excluding carboxylic acids is 1. The lowest BCUT2D eigenvalue weighted by Gasteiger charge is -2.48. The standard InChI is InChI=1S/C23H28N2O3/c1-27-19-8-6-18(7-9-19)16-28-21-5-3-2-4-20(21)22(26)24-17-23-10-13-25(14-11-23)15-12-23/h2-9H,10-17H2,1H3,(H,24,26). The fourth-order valence-electron chi connectivity index (χ4n) is 4.19. The molecule has 3 saturated heterocycles. The van der Waals surface area contributed by atoms with E-state index in [1.807, 2.05) is 48.5 Å². The first-order chi connectivity index (χ1) is 13.7. The van der Waals surface area contributed by atoms with Crippen LogP contribution in [0.5, 0.6) is 11.5 Å². The number of ether oxygens (including phenoxy) is 2. The SMILES string of the molecule is COc1ccc(COc2ccccc2C(=O)NCC23CCN(CC2)CC3)cc1. The molecule has 5 rings (SSSR count). The molecular weight excluding hydrogens is 352 g/mol. The summed E-state index contributed by atoms with van der Waals surface area (Å²) < 4.78 is 11.1. The Morgan fingerprint density at radius 3 is 2.39 bits per heavy atom. The molecule has 0 radical (unpaired) electrons. The van der Waals surface area contributed by atoms with E-state index in [0.29, 0.717) is 17.9 Å². The van der Waals surface area contributed by atoms with Crippen LogP contribution in [-0.2, 0) is 6.61 Å². The van der Waals surface area contributed by atoms with Crippen molar-refractivity contribution in [3.8, 4) is 11.5 Å². The van der Waals surface area contributed by atoms with Crippen molar-refractivity contribution in [1.82, 2.24) is 10.2 Å². The van der Waals surface area contributed by atoms with E-state index in [1.54, 1.807) is 7.11 Å². The van der Waals surface area contributed by atoms with Crippen molar-refractivity contribution in [1.29, 1.82) is 0 Å². The zero-order chi connectivity index (χ0) is 19.4. The summed E-state index contributed by atoms with van der Waals surface area (Å²) >= 11 is 0. The predicted octanol–water partition coefficient (Wildman–Crippen LogP) is 3.49. The maximum Gasteiger partial charge on any atom is 0.255 e. The van der Waals surface area contributed by atoms with Crippen LogP contribution in [0.3, 0.4) is 0 Å². The van der Waals surface area contributed by atoms with Crippen molar-refractivity contribution in [3.63, 3.8) is 0 Å². The molecule has 2 aromatic rings.